The van der Waals surface area contributed by atoms with Crippen molar-refractivity contribution in [3.8, 4) is 0 Å². The van der Waals surface area contributed by atoms with Crippen LogP contribution in [0.15, 0.2) is 24.3 Å². The van der Waals surface area contributed by atoms with Crippen LogP contribution in [0.25, 0.3) is 0 Å². The van der Waals surface area contributed by atoms with Gasteiger partial charge in [0.25, 0.3) is 0 Å². The first-order chi connectivity index (χ1) is 11.0. The molecule has 5 heteroatoms. The molecule has 0 radical (unpaired) electrons. The molecule has 1 aliphatic heterocycles. The Labute approximate surface area is 137 Å². The quantitative estimate of drug-likeness (QED) is 0.806. The summed E-state index contributed by atoms with van der Waals surface area (Å²) in [5, 5.41) is 12.5. The van der Waals surface area contributed by atoms with Gasteiger partial charge in [0, 0.05) is 25.2 Å². The van der Waals surface area contributed by atoms with E-state index >= 15 is 0 Å². The fraction of sp³-hybridized carbons (Fsp3) is 0.556. The third-order valence-electron chi connectivity index (χ3n) is 3.96. The summed E-state index contributed by atoms with van der Waals surface area (Å²) in [4.78, 5) is 25.4. The number of hydrogen-bond acceptors (Lipinski definition) is 3. The highest BCUT2D eigenvalue weighted by molar-refractivity contribution is 5.95. The Morgan fingerprint density at radius 1 is 1.30 bits per heavy atom. The first-order valence-electron chi connectivity index (χ1n) is 8.29. The highest BCUT2D eigenvalue weighted by atomic mass is 16.3. The molecule has 0 saturated carbocycles. The standard InChI is InChI=1S/C18H26N2O3/c1-13(2)10-16(21)12-19-17(22)11-14-5-7-15(8-6-14)20-9-3-4-18(20)23/h5-8,13,16,21H,3-4,9-12H2,1-2H3,(H,19,22). The Morgan fingerprint density at radius 2 is 2.00 bits per heavy atom. The van der Waals surface area contributed by atoms with Crippen LogP contribution in [-0.2, 0) is 16.0 Å². The summed E-state index contributed by atoms with van der Waals surface area (Å²) in [6.45, 7) is 5.14. The third-order valence-corrected chi connectivity index (χ3v) is 3.96. The van der Waals surface area contributed by atoms with E-state index in [-0.39, 0.29) is 24.8 Å². The molecular formula is C18H26N2O3. The molecule has 1 saturated heterocycles. The number of aliphatic hydroxyl groups is 1. The molecule has 2 amide bonds. The van der Waals surface area contributed by atoms with E-state index in [1.54, 1.807) is 4.90 Å². The minimum Gasteiger partial charge on any atom is -0.391 e. The van der Waals surface area contributed by atoms with Crippen molar-refractivity contribution in [1.82, 2.24) is 5.32 Å². The Morgan fingerprint density at radius 3 is 2.57 bits per heavy atom. The highest BCUT2D eigenvalue weighted by Crippen LogP contribution is 2.21. The van der Waals surface area contributed by atoms with Gasteiger partial charge in [-0.1, -0.05) is 26.0 Å². The van der Waals surface area contributed by atoms with Crippen molar-refractivity contribution in [2.75, 3.05) is 18.0 Å². The van der Waals surface area contributed by atoms with Crippen molar-refractivity contribution >= 4 is 17.5 Å². The molecule has 23 heavy (non-hydrogen) atoms. The number of nitrogens with one attached hydrogen (secondary N) is 1. The van der Waals surface area contributed by atoms with Gasteiger partial charge in [-0.3, -0.25) is 9.59 Å². The fourth-order valence-electron chi connectivity index (χ4n) is 2.82. The van der Waals surface area contributed by atoms with Crippen molar-refractivity contribution in [3.05, 3.63) is 29.8 Å². The summed E-state index contributed by atoms with van der Waals surface area (Å²) in [7, 11) is 0. The molecule has 1 unspecified atom stereocenters. The Bertz CT molecular complexity index is 540. The number of amides is 2. The van der Waals surface area contributed by atoms with Gasteiger partial charge in [-0.15, -0.1) is 0 Å². The molecule has 0 aliphatic carbocycles. The van der Waals surface area contributed by atoms with Gasteiger partial charge in [0.05, 0.1) is 12.5 Å². The molecule has 1 heterocycles. The minimum absolute atomic E-state index is 0.0993. The molecule has 0 aromatic heterocycles. The van der Waals surface area contributed by atoms with Crippen LogP contribution >= 0.6 is 0 Å². The zero-order valence-corrected chi connectivity index (χ0v) is 13.9. The van der Waals surface area contributed by atoms with Crippen LogP contribution in [0.5, 0.6) is 0 Å². The van der Waals surface area contributed by atoms with E-state index in [0.717, 1.165) is 24.2 Å². The van der Waals surface area contributed by atoms with Crippen molar-refractivity contribution in [2.24, 2.45) is 5.92 Å². The topological polar surface area (TPSA) is 69.6 Å². The molecule has 126 valence electrons. The maximum atomic E-state index is 11.9. The monoisotopic (exact) mass is 318 g/mol. The second kappa shape index (κ2) is 8.11. The van der Waals surface area contributed by atoms with Crippen LogP contribution in [0.4, 0.5) is 5.69 Å². The molecule has 0 spiro atoms. The second-order valence-electron chi connectivity index (χ2n) is 6.58. The van der Waals surface area contributed by atoms with Crippen molar-refractivity contribution in [2.45, 2.75) is 45.6 Å². The molecule has 5 nitrogen and oxygen atoms in total. The molecular weight excluding hydrogens is 292 g/mol. The van der Waals surface area contributed by atoms with Crippen LogP contribution in [0.2, 0.25) is 0 Å². The van der Waals surface area contributed by atoms with Crippen LogP contribution in [-0.4, -0.2) is 36.1 Å². The van der Waals surface area contributed by atoms with E-state index in [9.17, 15) is 14.7 Å². The van der Waals surface area contributed by atoms with Crippen LogP contribution in [0, 0.1) is 5.92 Å². The Kier molecular flexibility index (Phi) is 6.16. The van der Waals surface area contributed by atoms with Crippen LogP contribution < -0.4 is 10.2 Å². The summed E-state index contributed by atoms with van der Waals surface area (Å²) in [6.07, 6.45) is 1.98. The lowest BCUT2D eigenvalue weighted by Crippen LogP contribution is -2.33. The zero-order valence-electron chi connectivity index (χ0n) is 13.9. The summed E-state index contributed by atoms with van der Waals surface area (Å²) in [5.41, 5.74) is 1.79. The molecule has 1 aromatic rings. The SMILES string of the molecule is CC(C)CC(O)CNC(=O)Cc1ccc(N2CCCC2=O)cc1. The van der Waals surface area contributed by atoms with E-state index in [1.807, 2.05) is 38.1 Å². The first-order valence-corrected chi connectivity index (χ1v) is 8.29. The number of anilines is 1. The van der Waals surface area contributed by atoms with Gasteiger partial charge < -0.3 is 15.3 Å². The predicted molar refractivity (Wildman–Crippen MR) is 90.2 cm³/mol. The molecule has 1 fully saturated rings. The lowest BCUT2D eigenvalue weighted by Gasteiger charge is -2.16. The van der Waals surface area contributed by atoms with Gasteiger partial charge in [0.15, 0.2) is 0 Å². The maximum Gasteiger partial charge on any atom is 0.227 e. The van der Waals surface area contributed by atoms with Gasteiger partial charge in [0.2, 0.25) is 11.8 Å². The summed E-state index contributed by atoms with van der Waals surface area (Å²) in [6, 6.07) is 7.54. The molecule has 1 atom stereocenters. The minimum atomic E-state index is -0.498. The van der Waals surface area contributed by atoms with E-state index < -0.39 is 6.10 Å². The molecule has 1 aliphatic rings. The normalized spacial score (nSPS) is 16.0. The van der Waals surface area contributed by atoms with Gasteiger partial charge in [0.1, 0.15) is 0 Å². The second-order valence-corrected chi connectivity index (χ2v) is 6.58. The van der Waals surface area contributed by atoms with Crippen molar-refractivity contribution in [3.63, 3.8) is 0 Å². The Hall–Kier alpha value is -1.88. The largest absolute Gasteiger partial charge is 0.391 e. The number of hydrogen-bond donors (Lipinski definition) is 2. The average Bonchev–Trinajstić information content (AvgIpc) is 2.91. The van der Waals surface area contributed by atoms with Crippen molar-refractivity contribution < 1.29 is 14.7 Å². The van der Waals surface area contributed by atoms with E-state index in [0.29, 0.717) is 18.8 Å². The molecule has 2 N–H and O–H groups in total. The fourth-order valence-corrected chi connectivity index (χ4v) is 2.82. The summed E-state index contributed by atoms with van der Waals surface area (Å²) >= 11 is 0. The van der Waals surface area contributed by atoms with Crippen LogP contribution in [0.3, 0.4) is 0 Å². The van der Waals surface area contributed by atoms with E-state index in [1.165, 1.54) is 0 Å². The van der Waals surface area contributed by atoms with E-state index in [2.05, 4.69) is 5.32 Å². The van der Waals surface area contributed by atoms with Crippen LogP contribution in [0.1, 0.15) is 38.7 Å². The predicted octanol–water partition coefficient (Wildman–Crippen LogP) is 1.88. The zero-order chi connectivity index (χ0) is 16.8. The highest BCUT2D eigenvalue weighted by Gasteiger charge is 2.21. The lowest BCUT2D eigenvalue weighted by molar-refractivity contribution is -0.121. The number of benzene rings is 1. The van der Waals surface area contributed by atoms with Gasteiger partial charge in [-0.25, -0.2) is 0 Å². The van der Waals surface area contributed by atoms with Gasteiger partial charge in [-0.05, 0) is 36.5 Å². The first kappa shape index (κ1) is 17.5. The number of aliphatic hydroxyl groups excluding tert-OH is 1. The maximum absolute atomic E-state index is 11.9. The number of rotatable bonds is 7. The molecule has 2 rings (SSSR count). The van der Waals surface area contributed by atoms with Crippen molar-refractivity contribution in [1.29, 1.82) is 0 Å². The van der Waals surface area contributed by atoms with E-state index in [4.69, 9.17) is 0 Å². The number of carbonyl (C=O) groups excluding carboxylic acids is 2. The molecule has 0 bridgehead atoms. The number of nitrogens with zero attached hydrogens (tertiary/aromatic N) is 1. The molecule has 1 aromatic carbocycles. The summed E-state index contributed by atoms with van der Waals surface area (Å²) in [5.74, 6) is 0.468. The smallest absolute Gasteiger partial charge is 0.227 e. The third kappa shape index (κ3) is 5.36. The van der Waals surface area contributed by atoms with Gasteiger partial charge in [-0.2, -0.15) is 0 Å². The number of carbonyl (C=O) groups is 2. The van der Waals surface area contributed by atoms with Gasteiger partial charge >= 0.3 is 0 Å². The Balaban J connectivity index is 1.81. The summed E-state index contributed by atoms with van der Waals surface area (Å²) < 4.78 is 0. The lowest BCUT2D eigenvalue weighted by atomic mass is 10.1. The average molecular weight is 318 g/mol.